The Hall–Kier alpha value is -1.88. The third-order valence-corrected chi connectivity index (χ3v) is 3.75. The van der Waals surface area contributed by atoms with Gasteiger partial charge in [-0.05, 0) is 57.0 Å². The van der Waals surface area contributed by atoms with Crippen molar-refractivity contribution in [2.45, 2.75) is 26.7 Å². The van der Waals surface area contributed by atoms with Gasteiger partial charge in [0, 0.05) is 24.2 Å². The van der Waals surface area contributed by atoms with E-state index in [4.69, 9.17) is 0 Å². The van der Waals surface area contributed by atoms with Crippen molar-refractivity contribution in [2.75, 3.05) is 25.0 Å². The molecule has 1 unspecified atom stereocenters. The second-order valence-corrected chi connectivity index (χ2v) is 5.50. The number of aryl methyl sites for hydroxylation is 1. The first kappa shape index (κ1) is 15.5. The van der Waals surface area contributed by atoms with Crippen LogP contribution < -0.4 is 16.0 Å². The Morgan fingerprint density at radius 3 is 2.86 bits per heavy atom. The molecule has 5 nitrogen and oxygen atoms in total. The summed E-state index contributed by atoms with van der Waals surface area (Å²) in [4.78, 5) is 23.9. The van der Waals surface area contributed by atoms with Gasteiger partial charge in [0.1, 0.15) is 0 Å². The van der Waals surface area contributed by atoms with Gasteiger partial charge >= 0.3 is 0 Å². The quantitative estimate of drug-likeness (QED) is 0.772. The molecule has 1 atom stereocenters. The van der Waals surface area contributed by atoms with Gasteiger partial charge in [-0.2, -0.15) is 0 Å². The van der Waals surface area contributed by atoms with Crippen LogP contribution in [0.15, 0.2) is 18.2 Å². The van der Waals surface area contributed by atoms with Crippen LogP contribution >= 0.6 is 0 Å². The van der Waals surface area contributed by atoms with Crippen LogP contribution in [0.25, 0.3) is 0 Å². The lowest BCUT2D eigenvalue weighted by molar-refractivity contribution is -0.117. The predicted molar refractivity (Wildman–Crippen MR) is 83.4 cm³/mol. The zero-order valence-electron chi connectivity index (χ0n) is 12.7. The smallest absolute Gasteiger partial charge is 0.251 e. The predicted octanol–water partition coefficient (Wildman–Crippen LogP) is 1.68. The van der Waals surface area contributed by atoms with Crippen LogP contribution in [0.2, 0.25) is 0 Å². The molecule has 0 saturated carbocycles. The van der Waals surface area contributed by atoms with Crippen molar-refractivity contribution in [1.82, 2.24) is 10.6 Å². The number of hydrogen-bond acceptors (Lipinski definition) is 3. The highest BCUT2D eigenvalue weighted by Crippen LogP contribution is 2.19. The van der Waals surface area contributed by atoms with Crippen LogP contribution in [0.1, 0.15) is 35.7 Å². The van der Waals surface area contributed by atoms with E-state index in [-0.39, 0.29) is 11.8 Å². The molecule has 0 bridgehead atoms. The minimum Gasteiger partial charge on any atom is -0.352 e. The summed E-state index contributed by atoms with van der Waals surface area (Å²) in [7, 11) is 0. The molecule has 0 spiro atoms. The molecule has 1 heterocycles. The number of nitrogens with one attached hydrogen (secondary N) is 3. The number of hydrogen-bond donors (Lipinski definition) is 3. The molecular formula is C16H23N3O2. The summed E-state index contributed by atoms with van der Waals surface area (Å²) in [5.74, 6) is 0.310. The molecule has 1 aliphatic heterocycles. The molecule has 5 heteroatoms. The molecular weight excluding hydrogens is 266 g/mol. The first-order valence-corrected chi connectivity index (χ1v) is 7.49. The second kappa shape index (κ2) is 7.22. The number of carbonyl (C=O) groups excluding carboxylic acids is 2. The molecule has 1 fully saturated rings. The Morgan fingerprint density at radius 2 is 2.19 bits per heavy atom. The SMILES string of the molecule is CCNC(=O)c1ccc(C)c(NC(=O)CC2CCNC2)c1. The van der Waals surface area contributed by atoms with E-state index in [0.29, 0.717) is 24.4 Å². The lowest BCUT2D eigenvalue weighted by atomic mass is 10.0. The third-order valence-electron chi connectivity index (χ3n) is 3.75. The zero-order chi connectivity index (χ0) is 15.2. The van der Waals surface area contributed by atoms with Crippen molar-refractivity contribution < 1.29 is 9.59 Å². The Morgan fingerprint density at radius 1 is 1.38 bits per heavy atom. The van der Waals surface area contributed by atoms with Gasteiger partial charge < -0.3 is 16.0 Å². The van der Waals surface area contributed by atoms with Gasteiger partial charge in [-0.25, -0.2) is 0 Å². The molecule has 0 aromatic heterocycles. The van der Waals surface area contributed by atoms with Crippen molar-refractivity contribution in [3.05, 3.63) is 29.3 Å². The van der Waals surface area contributed by atoms with Gasteiger partial charge in [-0.3, -0.25) is 9.59 Å². The van der Waals surface area contributed by atoms with Crippen molar-refractivity contribution in [2.24, 2.45) is 5.92 Å². The lowest BCUT2D eigenvalue weighted by Crippen LogP contribution is -2.23. The Bertz CT molecular complexity index is 522. The molecule has 2 rings (SSSR count). The number of amides is 2. The fourth-order valence-electron chi connectivity index (χ4n) is 2.51. The van der Waals surface area contributed by atoms with Gasteiger partial charge in [-0.1, -0.05) is 6.07 Å². The van der Waals surface area contributed by atoms with Gasteiger partial charge in [0.2, 0.25) is 5.91 Å². The molecule has 114 valence electrons. The first-order valence-electron chi connectivity index (χ1n) is 7.49. The maximum atomic E-state index is 12.1. The monoisotopic (exact) mass is 289 g/mol. The molecule has 21 heavy (non-hydrogen) atoms. The molecule has 0 aliphatic carbocycles. The highest BCUT2D eigenvalue weighted by Gasteiger charge is 2.18. The van der Waals surface area contributed by atoms with E-state index in [2.05, 4.69) is 16.0 Å². The summed E-state index contributed by atoms with van der Waals surface area (Å²) >= 11 is 0. The molecule has 1 aromatic carbocycles. The molecule has 3 N–H and O–H groups in total. The Kier molecular flexibility index (Phi) is 5.33. The fourth-order valence-corrected chi connectivity index (χ4v) is 2.51. The summed E-state index contributed by atoms with van der Waals surface area (Å²) in [6, 6.07) is 5.37. The third kappa shape index (κ3) is 4.29. The van der Waals surface area contributed by atoms with Gasteiger partial charge in [0.15, 0.2) is 0 Å². The Labute approximate surface area is 125 Å². The van der Waals surface area contributed by atoms with Gasteiger partial charge in [0.25, 0.3) is 5.91 Å². The van der Waals surface area contributed by atoms with Crippen LogP contribution in [0.5, 0.6) is 0 Å². The largest absolute Gasteiger partial charge is 0.352 e. The van der Waals surface area contributed by atoms with Crippen LogP contribution in [0.3, 0.4) is 0 Å². The van der Waals surface area contributed by atoms with Gasteiger partial charge in [0.05, 0.1) is 0 Å². The first-order chi connectivity index (χ1) is 10.1. The Balaban J connectivity index is 2.02. The second-order valence-electron chi connectivity index (χ2n) is 5.50. The molecule has 2 amide bonds. The molecule has 0 radical (unpaired) electrons. The van der Waals surface area contributed by atoms with Crippen LogP contribution in [0, 0.1) is 12.8 Å². The van der Waals surface area contributed by atoms with E-state index < -0.39 is 0 Å². The average molecular weight is 289 g/mol. The van der Waals surface area contributed by atoms with E-state index >= 15 is 0 Å². The number of rotatable bonds is 5. The van der Waals surface area contributed by atoms with E-state index in [0.717, 1.165) is 30.8 Å². The van der Waals surface area contributed by atoms with Crippen LogP contribution in [-0.2, 0) is 4.79 Å². The molecule has 1 aromatic rings. The standard InChI is InChI=1S/C16H23N3O2/c1-3-18-16(21)13-5-4-11(2)14(9-13)19-15(20)8-12-6-7-17-10-12/h4-5,9,12,17H,3,6-8,10H2,1-2H3,(H,18,21)(H,19,20). The fraction of sp³-hybridized carbons (Fsp3) is 0.500. The van der Waals surface area contributed by atoms with Crippen LogP contribution in [0.4, 0.5) is 5.69 Å². The van der Waals surface area contributed by atoms with E-state index in [1.165, 1.54) is 0 Å². The summed E-state index contributed by atoms with van der Waals surface area (Å²) in [5, 5.41) is 8.95. The highest BCUT2D eigenvalue weighted by atomic mass is 16.2. The topological polar surface area (TPSA) is 70.2 Å². The normalized spacial score (nSPS) is 17.5. The number of carbonyl (C=O) groups is 2. The molecule has 1 saturated heterocycles. The van der Waals surface area contributed by atoms with Crippen molar-refractivity contribution >= 4 is 17.5 Å². The van der Waals surface area contributed by atoms with E-state index in [9.17, 15) is 9.59 Å². The number of anilines is 1. The van der Waals surface area contributed by atoms with Crippen LogP contribution in [-0.4, -0.2) is 31.4 Å². The molecule has 1 aliphatic rings. The lowest BCUT2D eigenvalue weighted by Gasteiger charge is -2.12. The van der Waals surface area contributed by atoms with E-state index in [1.807, 2.05) is 19.9 Å². The average Bonchev–Trinajstić information content (AvgIpc) is 2.94. The number of benzene rings is 1. The summed E-state index contributed by atoms with van der Waals surface area (Å²) in [6.45, 7) is 6.29. The van der Waals surface area contributed by atoms with Crippen molar-refractivity contribution in [3.8, 4) is 0 Å². The van der Waals surface area contributed by atoms with Crippen molar-refractivity contribution in [3.63, 3.8) is 0 Å². The summed E-state index contributed by atoms with van der Waals surface area (Å²) in [6.07, 6.45) is 1.57. The van der Waals surface area contributed by atoms with Gasteiger partial charge in [-0.15, -0.1) is 0 Å². The van der Waals surface area contributed by atoms with E-state index in [1.54, 1.807) is 12.1 Å². The maximum Gasteiger partial charge on any atom is 0.251 e. The summed E-state index contributed by atoms with van der Waals surface area (Å²) < 4.78 is 0. The minimum atomic E-state index is -0.118. The highest BCUT2D eigenvalue weighted by molar-refractivity contribution is 5.97. The van der Waals surface area contributed by atoms with Crippen molar-refractivity contribution in [1.29, 1.82) is 0 Å². The minimum absolute atomic E-state index is 0.0137. The summed E-state index contributed by atoms with van der Waals surface area (Å²) in [5.41, 5.74) is 2.25. The maximum absolute atomic E-state index is 12.1. The zero-order valence-corrected chi connectivity index (χ0v) is 12.7.